The third-order valence-corrected chi connectivity index (χ3v) is 3.90. The topological polar surface area (TPSA) is 46.3 Å². The van der Waals surface area contributed by atoms with E-state index in [4.69, 9.17) is 5.73 Å². The fraction of sp³-hybridized carbons (Fsp3) is 0.533. The average molecular weight is 300 g/mol. The summed E-state index contributed by atoms with van der Waals surface area (Å²) in [6, 6.07) is 3.73. The highest BCUT2D eigenvalue weighted by molar-refractivity contribution is 5.76. The van der Waals surface area contributed by atoms with Gasteiger partial charge in [0.15, 0.2) is 0 Å². The Balaban J connectivity index is 2.24. The van der Waals surface area contributed by atoms with E-state index in [0.717, 1.165) is 18.9 Å². The van der Waals surface area contributed by atoms with Crippen molar-refractivity contribution in [1.82, 2.24) is 4.90 Å². The van der Waals surface area contributed by atoms with Gasteiger partial charge in [-0.05, 0) is 36.5 Å². The number of carbonyl (C=O) groups excluding carboxylic acids is 1. The van der Waals surface area contributed by atoms with Crippen molar-refractivity contribution in [2.45, 2.75) is 38.9 Å². The van der Waals surface area contributed by atoms with Crippen molar-refractivity contribution in [1.29, 1.82) is 0 Å². The minimum absolute atomic E-state index is 0.0132. The van der Waals surface area contributed by atoms with Crippen molar-refractivity contribution in [3.8, 4) is 0 Å². The van der Waals surface area contributed by atoms with Gasteiger partial charge in [0.25, 0.3) is 0 Å². The maximum atomic E-state index is 13.1. The fourth-order valence-electron chi connectivity index (χ4n) is 2.54. The quantitative estimate of drug-likeness (QED) is 0.850. The molecule has 1 fully saturated rings. The molecule has 6 heteroatoms. The minimum atomic E-state index is -4.47. The Hall–Kier alpha value is -1.72. The summed E-state index contributed by atoms with van der Waals surface area (Å²) in [6.07, 6.45) is -2.45. The number of nitrogen functional groups attached to an aromatic ring is 1. The van der Waals surface area contributed by atoms with E-state index in [0.29, 0.717) is 18.9 Å². The van der Waals surface area contributed by atoms with Gasteiger partial charge in [-0.2, -0.15) is 13.2 Å². The monoisotopic (exact) mass is 300 g/mol. The number of nitrogens with zero attached hydrogens (tertiary/aromatic N) is 1. The van der Waals surface area contributed by atoms with Crippen molar-refractivity contribution >= 4 is 11.6 Å². The number of amides is 1. The molecule has 0 bridgehead atoms. The molecule has 0 spiro atoms. The van der Waals surface area contributed by atoms with Crippen LogP contribution in [-0.2, 0) is 17.5 Å². The molecule has 1 unspecified atom stereocenters. The van der Waals surface area contributed by atoms with Crippen LogP contribution in [-0.4, -0.2) is 17.4 Å². The minimum Gasteiger partial charge on any atom is -0.399 e. The fourth-order valence-corrected chi connectivity index (χ4v) is 2.54. The van der Waals surface area contributed by atoms with Gasteiger partial charge < -0.3 is 10.6 Å². The average Bonchev–Trinajstić information content (AvgIpc) is 2.55. The standard InChI is InChI=1S/C15H19F3N2O/c1-10-2-5-14(21)20(7-6-10)9-11-3-4-12(19)8-13(11)15(16,17)18/h3-4,8,10H,2,5-7,9,19H2,1H3. The van der Waals surface area contributed by atoms with Crippen molar-refractivity contribution in [2.75, 3.05) is 12.3 Å². The first-order chi connectivity index (χ1) is 9.77. The first kappa shape index (κ1) is 15.7. The molecular weight excluding hydrogens is 281 g/mol. The molecule has 1 atom stereocenters. The largest absolute Gasteiger partial charge is 0.416 e. The maximum absolute atomic E-state index is 13.1. The SMILES string of the molecule is CC1CCC(=O)N(Cc2ccc(N)cc2C(F)(F)F)CC1. The second-order valence-electron chi connectivity index (χ2n) is 5.66. The normalized spacial score (nSPS) is 20.5. The van der Waals surface area contributed by atoms with Crippen LogP contribution in [0.2, 0.25) is 0 Å². The summed E-state index contributed by atoms with van der Waals surface area (Å²) in [5, 5.41) is 0. The predicted octanol–water partition coefficient (Wildman–Crippen LogP) is 3.44. The van der Waals surface area contributed by atoms with Crippen LogP contribution in [0.25, 0.3) is 0 Å². The van der Waals surface area contributed by atoms with E-state index in [2.05, 4.69) is 6.92 Å². The Morgan fingerprint density at radius 1 is 1.33 bits per heavy atom. The zero-order valence-electron chi connectivity index (χ0n) is 11.9. The maximum Gasteiger partial charge on any atom is 0.416 e. The van der Waals surface area contributed by atoms with Crippen molar-refractivity contribution in [2.24, 2.45) is 5.92 Å². The van der Waals surface area contributed by atoms with Crippen LogP contribution >= 0.6 is 0 Å². The van der Waals surface area contributed by atoms with Gasteiger partial charge in [-0.25, -0.2) is 0 Å². The van der Waals surface area contributed by atoms with Gasteiger partial charge >= 0.3 is 6.18 Å². The molecule has 0 aliphatic carbocycles. The molecule has 1 heterocycles. The lowest BCUT2D eigenvalue weighted by Gasteiger charge is -2.23. The summed E-state index contributed by atoms with van der Waals surface area (Å²) in [5.41, 5.74) is 4.86. The van der Waals surface area contributed by atoms with E-state index < -0.39 is 11.7 Å². The summed E-state index contributed by atoms with van der Waals surface area (Å²) in [6.45, 7) is 2.55. The molecule has 1 aromatic rings. The van der Waals surface area contributed by atoms with Gasteiger partial charge in [0.1, 0.15) is 0 Å². The van der Waals surface area contributed by atoms with Gasteiger partial charge in [-0.15, -0.1) is 0 Å². The molecular formula is C15H19F3N2O. The zero-order chi connectivity index (χ0) is 15.6. The number of anilines is 1. The number of nitrogens with two attached hydrogens (primary N) is 1. The summed E-state index contributed by atoms with van der Waals surface area (Å²) in [5.74, 6) is 0.344. The van der Waals surface area contributed by atoms with E-state index in [1.165, 1.54) is 17.0 Å². The van der Waals surface area contributed by atoms with Crippen LogP contribution in [0.4, 0.5) is 18.9 Å². The van der Waals surface area contributed by atoms with Crippen LogP contribution in [0.5, 0.6) is 0 Å². The highest BCUT2D eigenvalue weighted by Crippen LogP contribution is 2.34. The lowest BCUT2D eigenvalue weighted by molar-refractivity contribution is -0.139. The molecule has 0 saturated carbocycles. The van der Waals surface area contributed by atoms with Crippen LogP contribution in [0.15, 0.2) is 18.2 Å². The van der Waals surface area contributed by atoms with Gasteiger partial charge in [-0.3, -0.25) is 4.79 Å². The number of likely N-dealkylation sites (tertiary alicyclic amines) is 1. The number of rotatable bonds is 2. The smallest absolute Gasteiger partial charge is 0.399 e. The Labute approximate surface area is 121 Å². The van der Waals surface area contributed by atoms with E-state index in [1.807, 2.05) is 0 Å². The lowest BCUT2D eigenvalue weighted by atomic mass is 10.0. The Bertz CT molecular complexity index is 528. The number of halogens is 3. The second kappa shape index (κ2) is 5.95. The molecule has 1 aliphatic rings. The van der Waals surface area contributed by atoms with Crippen molar-refractivity contribution in [3.63, 3.8) is 0 Å². The number of hydrogen-bond acceptors (Lipinski definition) is 2. The number of benzene rings is 1. The van der Waals surface area contributed by atoms with E-state index >= 15 is 0 Å². The van der Waals surface area contributed by atoms with E-state index in [-0.39, 0.29) is 23.7 Å². The summed E-state index contributed by atoms with van der Waals surface area (Å²) in [7, 11) is 0. The number of hydrogen-bond donors (Lipinski definition) is 1. The number of carbonyl (C=O) groups is 1. The van der Waals surface area contributed by atoms with E-state index in [1.54, 1.807) is 0 Å². The first-order valence-corrected chi connectivity index (χ1v) is 7.00. The molecule has 0 aromatic heterocycles. The number of alkyl halides is 3. The Morgan fingerprint density at radius 3 is 2.71 bits per heavy atom. The third-order valence-electron chi connectivity index (χ3n) is 3.90. The molecule has 0 radical (unpaired) electrons. The molecule has 2 N–H and O–H groups in total. The molecule has 116 valence electrons. The first-order valence-electron chi connectivity index (χ1n) is 7.00. The third kappa shape index (κ3) is 3.89. The molecule has 1 aliphatic heterocycles. The second-order valence-corrected chi connectivity index (χ2v) is 5.66. The van der Waals surface area contributed by atoms with Crippen LogP contribution < -0.4 is 5.73 Å². The van der Waals surface area contributed by atoms with Crippen LogP contribution in [0, 0.1) is 5.92 Å². The molecule has 21 heavy (non-hydrogen) atoms. The Kier molecular flexibility index (Phi) is 4.44. The summed E-state index contributed by atoms with van der Waals surface area (Å²) >= 11 is 0. The van der Waals surface area contributed by atoms with Crippen LogP contribution in [0.3, 0.4) is 0 Å². The van der Waals surface area contributed by atoms with Gasteiger partial charge in [-0.1, -0.05) is 13.0 Å². The molecule has 1 amide bonds. The molecule has 1 saturated heterocycles. The highest BCUT2D eigenvalue weighted by atomic mass is 19.4. The lowest BCUT2D eigenvalue weighted by Crippen LogP contribution is -2.30. The van der Waals surface area contributed by atoms with Crippen molar-refractivity contribution in [3.05, 3.63) is 29.3 Å². The van der Waals surface area contributed by atoms with Crippen LogP contribution in [0.1, 0.15) is 37.3 Å². The van der Waals surface area contributed by atoms with E-state index in [9.17, 15) is 18.0 Å². The molecule has 2 rings (SSSR count). The predicted molar refractivity (Wildman–Crippen MR) is 74.3 cm³/mol. The molecule has 1 aromatic carbocycles. The van der Waals surface area contributed by atoms with Crippen molar-refractivity contribution < 1.29 is 18.0 Å². The summed E-state index contributed by atoms with van der Waals surface area (Å²) in [4.78, 5) is 13.5. The Morgan fingerprint density at radius 2 is 2.05 bits per heavy atom. The summed E-state index contributed by atoms with van der Waals surface area (Å²) < 4.78 is 39.2. The van der Waals surface area contributed by atoms with Gasteiger partial charge in [0, 0.05) is 25.2 Å². The zero-order valence-corrected chi connectivity index (χ0v) is 11.9. The van der Waals surface area contributed by atoms with Gasteiger partial charge in [0.05, 0.1) is 5.56 Å². The highest BCUT2D eigenvalue weighted by Gasteiger charge is 2.34. The van der Waals surface area contributed by atoms with Gasteiger partial charge in [0.2, 0.25) is 5.91 Å². The molecule has 3 nitrogen and oxygen atoms in total.